The lowest BCUT2D eigenvalue weighted by Gasteiger charge is -2.29. The van der Waals surface area contributed by atoms with Crippen molar-refractivity contribution in [3.63, 3.8) is 0 Å². The summed E-state index contributed by atoms with van der Waals surface area (Å²) in [4.78, 5) is 18.6. The topological polar surface area (TPSA) is 87.8 Å². The number of ether oxygens (including phenoxy) is 3. The summed E-state index contributed by atoms with van der Waals surface area (Å²) in [5.41, 5.74) is 3.58. The van der Waals surface area contributed by atoms with Crippen LogP contribution in [-0.4, -0.2) is 34.9 Å². The maximum Gasteiger partial charge on any atom is 0.415 e. The molecule has 0 N–H and O–H groups in total. The maximum absolute atomic E-state index is 12.6. The van der Waals surface area contributed by atoms with Crippen LogP contribution in [0.1, 0.15) is 42.3 Å². The van der Waals surface area contributed by atoms with Gasteiger partial charge in [-0.15, -0.1) is 0 Å². The molecule has 8 nitrogen and oxygen atoms in total. The molecule has 144 valence electrons. The molecule has 1 aliphatic carbocycles. The molecule has 0 saturated carbocycles. The fourth-order valence-corrected chi connectivity index (χ4v) is 4.10. The van der Waals surface area contributed by atoms with E-state index >= 15 is 0 Å². The molecular formula is C20H19N3O5. The van der Waals surface area contributed by atoms with E-state index in [1.807, 2.05) is 38.1 Å². The van der Waals surface area contributed by atoms with E-state index in [0.717, 1.165) is 21.6 Å². The Morgan fingerprint density at radius 2 is 2.07 bits per heavy atom. The predicted octanol–water partition coefficient (Wildman–Crippen LogP) is 2.47. The minimum absolute atomic E-state index is 0.0703. The first-order valence-electron chi connectivity index (χ1n) is 9.15. The van der Waals surface area contributed by atoms with E-state index < -0.39 is 12.2 Å². The van der Waals surface area contributed by atoms with Gasteiger partial charge < -0.3 is 19.4 Å². The highest BCUT2D eigenvalue weighted by Crippen LogP contribution is 2.46. The van der Waals surface area contributed by atoms with Gasteiger partial charge in [-0.1, -0.05) is 11.1 Å². The highest BCUT2D eigenvalue weighted by Gasteiger charge is 2.49. The number of rotatable bonds is 2. The number of carbonyl (C=O) groups excluding carboxylic acids is 1. The summed E-state index contributed by atoms with van der Waals surface area (Å²) in [6.45, 7) is 5.79. The molecule has 3 heterocycles. The second-order valence-electron chi connectivity index (χ2n) is 7.38. The van der Waals surface area contributed by atoms with Crippen LogP contribution in [0.15, 0.2) is 30.2 Å². The maximum atomic E-state index is 12.6. The molecule has 3 aliphatic rings. The van der Waals surface area contributed by atoms with E-state index in [1.54, 1.807) is 11.8 Å². The number of nitrogens with zero attached hydrogens (tertiary/aromatic N) is 3. The predicted molar refractivity (Wildman–Crippen MR) is 97.6 cm³/mol. The number of hydrogen-bond acceptors (Lipinski definition) is 6. The first-order chi connectivity index (χ1) is 13.5. The summed E-state index contributed by atoms with van der Waals surface area (Å²) in [5, 5.41) is 12.1. The monoisotopic (exact) mass is 381 g/mol. The van der Waals surface area contributed by atoms with E-state index in [1.165, 1.54) is 6.33 Å². The third-order valence-electron chi connectivity index (χ3n) is 5.45. The Bertz CT molecular complexity index is 1030. The van der Waals surface area contributed by atoms with Crippen molar-refractivity contribution in [2.45, 2.75) is 38.8 Å². The average molecular weight is 381 g/mol. The zero-order chi connectivity index (χ0) is 19.6. The van der Waals surface area contributed by atoms with Crippen LogP contribution in [0.25, 0.3) is 6.08 Å². The van der Waals surface area contributed by atoms with Crippen LogP contribution in [0, 0.1) is 12.1 Å². The lowest BCUT2D eigenvalue weighted by molar-refractivity contribution is -0.616. The van der Waals surface area contributed by atoms with Gasteiger partial charge in [-0.25, -0.2) is 9.52 Å². The summed E-state index contributed by atoms with van der Waals surface area (Å²) in [6, 6.07) is 5.59. The van der Waals surface area contributed by atoms with Crippen molar-refractivity contribution >= 4 is 12.2 Å². The van der Waals surface area contributed by atoms with Gasteiger partial charge in [-0.2, -0.15) is 0 Å². The summed E-state index contributed by atoms with van der Waals surface area (Å²) in [7, 11) is 0. The van der Waals surface area contributed by atoms with Crippen LogP contribution in [0.2, 0.25) is 0 Å². The summed E-state index contributed by atoms with van der Waals surface area (Å²) in [5.74, 6) is 0.973. The first-order valence-corrected chi connectivity index (χ1v) is 9.15. The van der Waals surface area contributed by atoms with Crippen LogP contribution >= 0.6 is 0 Å². The van der Waals surface area contributed by atoms with Crippen molar-refractivity contribution in [3.05, 3.63) is 57.9 Å². The van der Waals surface area contributed by atoms with Gasteiger partial charge in [-0.3, -0.25) is 4.90 Å². The highest BCUT2D eigenvalue weighted by molar-refractivity contribution is 5.80. The minimum Gasteiger partial charge on any atom is -0.711 e. The van der Waals surface area contributed by atoms with Crippen LogP contribution in [0.3, 0.4) is 0 Å². The van der Waals surface area contributed by atoms with Gasteiger partial charge in [-0.05, 0) is 44.5 Å². The van der Waals surface area contributed by atoms with E-state index in [0.29, 0.717) is 22.9 Å². The molecular weight excluding hydrogens is 362 g/mol. The molecule has 2 aliphatic heterocycles. The fourth-order valence-electron chi connectivity index (χ4n) is 4.10. The number of amides is 1. The minimum atomic E-state index is -0.517. The molecule has 1 aromatic carbocycles. The van der Waals surface area contributed by atoms with Crippen LogP contribution < -0.4 is 14.2 Å². The lowest BCUT2D eigenvalue weighted by atomic mass is 9.81. The van der Waals surface area contributed by atoms with Gasteiger partial charge in [0.2, 0.25) is 6.79 Å². The van der Waals surface area contributed by atoms with Crippen molar-refractivity contribution in [3.8, 4) is 11.5 Å². The standard InChI is InChI=1S/C20H19N3O5/c1-10(2)23-14-7-13-11(3)22(25)8-21-18(13)17(19(14)28-20(23)24)12-4-5-15-16(6-12)27-9-26-15/h4-8,10,17,19H,9H2,1-3H3. The van der Waals surface area contributed by atoms with E-state index in [9.17, 15) is 10.0 Å². The summed E-state index contributed by atoms with van der Waals surface area (Å²) >= 11 is 0. The highest BCUT2D eigenvalue weighted by atomic mass is 16.7. The summed E-state index contributed by atoms with van der Waals surface area (Å²) in [6.07, 6.45) is 2.20. The molecule has 8 heteroatoms. The van der Waals surface area contributed by atoms with Crippen LogP contribution in [0.5, 0.6) is 11.5 Å². The molecule has 2 atom stereocenters. The third-order valence-corrected chi connectivity index (χ3v) is 5.45. The molecule has 1 amide bonds. The van der Waals surface area contributed by atoms with Crippen molar-refractivity contribution in [1.82, 2.24) is 9.88 Å². The van der Waals surface area contributed by atoms with E-state index in [4.69, 9.17) is 14.2 Å². The summed E-state index contributed by atoms with van der Waals surface area (Å²) < 4.78 is 17.4. The molecule has 0 bridgehead atoms. The molecule has 1 saturated heterocycles. The molecule has 28 heavy (non-hydrogen) atoms. The number of carbonyl (C=O) groups is 1. The second kappa shape index (κ2) is 5.85. The third kappa shape index (κ3) is 2.27. The zero-order valence-corrected chi connectivity index (χ0v) is 15.7. The van der Waals surface area contributed by atoms with Gasteiger partial charge in [0, 0.05) is 6.04 Å². The van der Waals surface area contributed by atoms with Crippen LogP contribution in [-0.2, 0) is 4.74 Å². The Labute approximate surface area is 161 Å². The molecule has 2 aromatic rings. The average Bonchev–Trinajstić information content (AvgIpc) is 3.25. The van der Waals surface area contributed by atoms with Crippen LogP contribution in [0.4, 0.5) is 4.79 Å². The molecule has 2 unspecified atom stereocenters. The fraction of sp³-hybridized carbons (Fsp3) is 0.350. The van der Waals surface area contributed by atoms with E-state index in [-0.39, 0.29) is 18.8 Å². The number of benzene rings is 1. The molecule has 1 fully saturated rings. The number of fused-ring (bicyclic) bond motifs is 3. The Balaban J connectivity index is 1.72. The largest absolute Gasteiger partial charge is 0.711 e. The van der Waals surface area contributed by atoms with Gasteiger partial charge in [0.1, 0.15) is 5.69 Å². The van der Waals surface area contributed by atoms with Gasteiger partial charge >= 0.3 is 6.09 Å². The Kier molecular flexibility index (Phi) is 3.52. The second-order valence-corrected chi connectivity index (χ2v) is 7.38. The molecule has 5 rings (SSSR count). The van der Waals surface area contributed by atoms with Crippen molar-refractivity contribution in [1.29, 1.82) is 0 Å². The van der Waals surface area contributed by atoms with Crippen molar-refractivity contribution < 1.29 is 23.7 Å². The Morgan fingerprint density at radius 3 is 2.86 bits per heavy atom. The normalized spacial score (nSPS) is 22.1. The number of aromatic nitrogens is 2. The zero-order valence-electron chi connectivity index (χ0n) is 15.7. The lowest BCUT2D eigenvalue weighted by Crippen LogP contribution is -2.37. The number of hydrogen-bond donors (Lipinski definition) is 0. The van der Waals surface area contributed by atoms with Gasteiger partial charge in [0.25, 0.3) is 6.33 Å². The molecule has 0 spiro atoms. The first kappa shape index (κ1) is 16.9. The van der Waals surface area contributed by atoms with Gasteiger partial charge in [0.15, 0.2) is 23.3 Å². The SMILES string of the molecule is Cc1c2c(nc[n+]1[O-])C(c1ccc3c(c1)OCO3)C1OC(=O)N(C(C)C)C1=C2. The molecule has 1 aromatic heterocycles. The smallest absolute Gasteiger partial charge is 0.415 e. The Morgan fingerprint density at radius 1 is 1.29 bits per heavy atom. The Hall–Kier alpha value is -3.29. The molecule has 0 radical (unpaired) electrons. The van der Waals surface area contributed by atoms with Crippen molar-refractivity contribution in [2.24, 2.45) is 0 Å². The van der Waals surface area contributed by atoms with E-state index in [2.05, 4.69) is 4.98 Å². The van der Waals surface area contributed by atoms with Crippen molar-refractivity contribution in [2.75, 3.05) is 6.79 Å². The quantitative estimate of drug-likeness (QED) is 0.587. The van der Waals surface area contributed by atoms with Gasteiger partial charge in [0.05, 0.1) is 17.2 Å².